The van der Waals surface area contributed by atoms with Crippen LogP contribution in [-0.2, 0) is 10.8 Å². The molecule has 46 heavy (non-hydrogen) atoms. The van der Waals surface area contributed by atoms with Gasteiger partial charge in [-0.25, -0.2) is 4.21 Å². The van der Waals surface area contributed by atoms with Crippen molar-refractivity contribution in [1.29, 1.82) is 10.5 Å². The molecule has 3 aromatic carbocycles. The highest BCUT2D eigenvalue weighted by Gasteiger charge is 2.27. The third-order valence-electron chi connectivity index (χ3n) is 8.02. The normalized spacial score (nSPS) is 11.5. The standard InChI is InChI=1S/C40H32N4OS/c1-7-11-17-37-27(5)28(6)39(44(37)31-15-13-12-14-16-31)40-35(9-3)34(8-2)36(10-4)43(40)32-19-21-33(22-20-32)46(45)38-23-18-29(25-41)24-30(38)26-42/h7-24H,1-4H2,5-6H3/b17-11-. The molecule has 1 unspecified atom stereocenters. The van der Waals surface area contributed by atoms with Crippen molar-refractivity contribution in [3.05, 3.63) is 156 Å². The molecule has 6 heteroatoms. The van der Waals surface area contributed by atoms with Crippen LogP contribution in [0.25, 0.3) is 47.1 Å². The minimum absolute atomic E-state index is 0.211. The van der Waals surface area contributed by atoms with Crippen LogP contribution < -0.4 is 0 Å². The maximum Gasteiger partial charge on any atom is 0.100 e. The van der Waals surface area contributed by atoms with Gasteiger partial charge in [0.25, 0.3) is 0 Å². The third kappa shape index (κ3) is 5.32. The molecule has 5 aromatic rings. The summed E-state index contributed by atoms with van der Waals surface area (Å²) >= 11 is 0. The van der Waals surface area contributed by atoms with Gasteiger partial charge in [0.05, 0.1) is 50.0 Å². The summed E-state index contributed by atoms with van der Waals surface area (Å²) in [5.74, 6) is 0. The number of rotatable bonds is 10. The van der Waals surface area contributed by atoms with Gasteiger partial charge in [-0.15, -0.1) is 0 Å². The van der Waals surface area contributed by atoms with Crippen molar-refractivity contribution in [3.63, 3.8) is 0 Å². The lowest BCUT2D eigenvalue weighted by atomic mass is 10.0. The fourth-order valence-electron chi connectivity index (χ4n) is 5.76. The summed E-state index contributed by atoms with van der Waals surface area (Å²) in [6.07, 6.45) is 11.3. The zero-order valence-electron chi connectivity index (χ0n) is 25.8. The van der Waals surface area contributed by atoms with E-state index in [2.05, 4.69) is 73.6 Å². The molecule has 5 rings (SSSR count). The Morgan fingerprint density at radius 2 is 1.37 bits per heavy atom. The number of para-hydroxylation sites is 1. The highest BCUT2D eigenvalue weighted by atomic mass is 32.2. The minimum atomic E-state index is -1.63. The van der Waals surface area contributed by atoms with Gasteiger partial charge in [-0.05, 0) is 91.7 Å². The molecule has 0 fully saturated rings. The molecular formula is C40H32N4OS. The summed E-state index contributed by atoms with van der Waals surface area (Å²) in [7, 11) is -1.63. The maximum absolute atomic E-state index is 13.6. The van der Waals surface area contributed by atoms with Gasteiger partial charge < -0.3 is 9.13 Å². The van der Waals surface area contributed by atoms with Crippen LogP contribution in [0, 0.1) is 36.5 Å². The first kappa shape index (κ1) is 31.5. The molecule has 1 atom stereocenters. The van der Waals surface area contributed by atoms with Crippen LogP contribution in [-0.4, -0.2) is 13.3 Å². The van der Waals surface area contributed by atoms with Gasteiger partial charge in [-0.1, -0.05) is 68.8 Å². The monoisotopic (exact) mass is 616 g/mol. The highest BCUT2D eigenvalue weighted by Crippen LogP contribution is 2.42. The van der Waals surface area contributed by atoms with Crippen molar-refractivity contribution in [2.24, 2.45) is 0 Å². The summed E-state index contributed by atoms with van der Waals surface area (Å²) < 4.78 is 18.0. The van der Waals surface area contributed by atoms with Gasteiger partial charge in [0.2, 0.25) is 0 Å². The third-order valence-corrected chi connectivity index (χ3v) is 9.48. The Morgan fingerprint density at radius 1 is 0.717 bits per heavy atom. The second-order valence-corrected chi connectivity index (χ2v) is 11.9. The Hall–Kier alpha value is -5.95. The summed E-state index contributed by atoms with van der Waals surface area (Å²) in [5, 5.41) is 18.9. The van der Waals surface area contributed by atoms with Crippen LogP contribution in [0.1, 0.15) is 44.8 Å². The molecule has 0 saturated carbocycles. The molecule has 0 aliphatic heterocycles. The number of hydrogen-bond acceptors (Lipinski definition) is 3. The lowest BCUT2D eigenvalue weighted by Gasteiger charge is -2.18. The first-order valence-electron chi connectivity index (χ1n) is 14.5. The predicted octanol–water partition coefficient (Wildman–Crippen LogP) is 9.59. The number of nitrogens with zero attached hydrogens (tertiary/aromatic N) is 4. The van der Waals surface area contributed by atoms with Crippen molar-refractivity contribution in [2.75, 3.05) is 0 Å². The van der Waals surface area contributed by atoms with Crippen LogP contribution in [0.3, 0.4) is 0 Å². The summed E-state index contributed by atoms with van der Waals surface area (Å²) in [5.41, 5.74) is 10.2. The molecule has 0 bridgehead atoms. The number of allylic oxidation sites excluding steroid dienone is 2. The van der Waals surface area contributed by atoms with Crippen molar-refractivity contribution in [1.82, 2.24) is 9.13 Å². The maximum atomic E-state index is 13.6. The Labute approximate surface area is 272 Å². The number of benzene rings is 3. The largest absolute Gasteiger partial charge is 0.308 e. The molecule has 224 valence electrons. The van der Waals surface area contributed by atoms with Crippen molar-refractivity contribution >= 4 is 35.1 Å². The molecule has 2 aromatic heterocycles. The Kier molecular flexibility index (Phi) is 9.14. The predicted molar refractivity (Wildman–Crippen MR) is 190 cm³/mol. The van der Waals surface area contributed by atoms with Gasteiger partial charge in [-0.2, -0.15) is 10.5 Å². The molecule has 0 spiro atoms. The van der Waals surface area contributed by atoms with Gasteiger partial charge >= 0.3 is 0 Å². The second-order valence-electron chi connectivity index (χ2n) is 10.5. The molecule has 0 amide bonds. The molecule has 0 saturated heterocycles. The van der Waals surface area contributed by atoms with Gasteiger partial charge in [-0.3, -0.25) is 0 Å². The lowest BCUT2D eigenvalue weighted by molar-refractivity contribution is 0.683. The molecule has 2 heterocycles. The van der Waals surface area contributed by atoms with Gasteiger partial charge in [0.15, 0.2) is 0 Å². The average molecular weight is 617 g/mol. The second kappa shape index (κ2) is 13.4. The number of aromatic nitrogens is 2. The van der Waals surface area contributed by atoms with E-state index in [9.17, 15) is 14.7 Å². The highest BCUT2D eigenvalue weighted by molar-refractivity contribution is 7.85. The van der Waals surface area contributed by atoms with Gasteiger partial charge in [0, 0.05) is 33.1 Å². The van der Waals surface area contributed by atoms with Gasteiger partial charge in [0.1, 0.15) is 6.07 Å². The fraction of sp³-hybridized carbons (Fsp3) is 0.0500. The molecule has 0 aliphatic carbocycles. The van der Waals surface area contributed by atoms with E-state index >= 15 is 0 Å². The van der Waals surface area contributed by atoms with Crippen LogP contribution in [0.2, 0.25) is 0 Å². The molecule has 5 nitrogen and oxygen atoms in total. The van der Waals surface area contributed by atoms with Crippen LogP contribution >= 0.6 is 0 Å². The fourth-order valence-corrected chi connectivity index (χ4v) is 6.89. The van der Waals surface area contributed by atoms with Crippen molar-refractivity contribution < 1.29 is 4.21 Å². The topological polar surface area (TPSA) is 74.5 Å². The van der Waals surface area contributed by atoms with E-state index < -0.39 is 10.8 Å². The smallest absolute Gasteiger partial charge is 0.100 e. The first-order chi connectivity index (χ1) is 22.3. The van der Waals surface area contributed by atoms with E-state index in [1.807, 2.05) is 60.7 Å². The average Bonchev–Trinajstić information content (AvgIpc) is 3.55. The van der Waals surface area contributed by atoms with E-state index in [0.29, 0.717) is 15.4 Å². The summed E-state index contributed by atoms with van der Waals surface area (Å²) in [6.45, 7) is 20.6. The lowest BCUT2D eigenvalue weighted by Crippen LogP contribution is -2.06. The zero-order valence-corrected chi connectivity index (χ0v) is 26.6. The molecule has 0 N–H and O–H groups in total. The van der Waals surface area contributed by atoms with E-state index in [1.54, 1.807) is 30.3 Å². The van der Waals surface area contributed by atoms with E-state index in [-0.39, 0.29) is 5.56 Å². The Balaban J connectivity index is 1.79. The molecule has 0 aliphatic rings. The van der Waals surface area contributed by atoms with Crippen molar-refractivity contribution in [2.45, 2.75) is 23.6 Å². The van der Waals surface area contributed by atoms with Crippen LogP contribution in [0.5, 0.6) is 0 Å². The van der Waals surface area contributed by atoms with E-state index in [0.717, 1.165) is 56.4 Å². The van der Waals surface area contributed by atoms with E-state index in [1.165, 1.54) is 6.07 Å². The zero-order chi connectivity index (χ0) is 33.0. The summed E-state index contributed by atoms with van der Waals surface area (Å²) in [4.78, 5) is 0.890. The van der Waals surface area contributed by atoms with Crippen LogP contribution in [0.15, 0.2) is 121 Å². The molecule has 0 radical (unpaired) electrons. The van der Waals surface area contributed by atoms with E-state index in [4.69, 9.17) is 0 Å². The van der Waals surface area contributed by atoms with Crippen molar-refractivity contribution in [3.8, 4) is 34.9 Å². The minimum Gasteiger partial charge on any atom is -0.308 e. The number of hydrogen-bond donors (Lipinski definition) is 0. The molecular weight excluding hydrogens is 585 g/mol. The Bertz CT molecular complexity index is 2160. The number of nitriles is 2. The Morgan fingerprint density at radius 3 is 1.96 bits per heavy atom. The summed E-state index contributed by atoms with van der Waals surface area (Å²) in [6, 6.07) is 26.3. The quantitative estimate of drug-likeness (QED) is 0.147. The SMILES string of the molecule is C=C/C=C\c1c(C)c(C)c(-c2c(C=C)c(C=C)c(C=C)n2-c2ccc(S(=O)c3ccc(C#N)cc3C#N)cc2)n1-c1ccccc1. The first-order valence-corrected chi connectivity index (χ1v) is 15.7. The van der Waals surface area contributed by atoms with Crippen LogP contribution in [0.4, 0.5) is 0 Å².